The number of nitrogens with one attached hydrogen (secondary N) is 1. The number of carboxylic acids is 1. The lowest BCUT2D eigenvalue weighted by molar-refractivity contribution is -0.136. The Bertz CT molecular complexity index is 607. The van der Waals surface area contributed by atoms with Gasteiger partial charge in [-0.1, -0.05) is 6.07 Å². The number of carbonyl (C=O) groups is 2. The van der Waals surface area contributed by atoms with Gasteiger partial charge in [0.15, 0.2) is 9.84 Å². The van der Waals surface area contributed by atoms with E-state index in [9.17, 15) is 18.0 Å². The quantitative estimate of drug-likeness (QED) is 0.825. The first-order valence-corrected chi connectivity index (χ1v) is 7.41. The predicted molar refractivity (Wildman–Crippen MR) is 68.9 cm³/mol. The highest BCUT2D eigenvalue weighted by atomic mass is 32.2. The number of sulfone groups is 1. The van der Waals surface area contributed by atoms with Crippen molar-refractivity contribution in [3.8, 4) is 0 Å². The van der Waals surface area contributed by atoms with Crippen LogP contribution in [0, 0.1) is 6.92 Å². The molecule has 0 unspecified atom stereocenters. The summed E-state index contributed by atoms with van der Waals surface area (Å²) in [7, 11) is -3.38. The molecule has 0 spiro atoms. The second kappa shape index (κ2) is 5.83. The molecule has 0 saturated carbocycles. The van der Waals surface area contributed by atoms with Crippen molar-refractivity contribution in [2.75, 3.05) is 12.8 Å². The highest BCUT2D eigenvalue weighted by Gasteiger charge is 2.14. The van der Waals surface area contributed by atoms with Gasteiger partial charge in [0.1, 0.15) is 0 Å². The molecule has 0 radical (unpaired) electrons. The van der Waals surface area contributed by atoms with Crippen molar-refractivity contribution in [1.29, 1.82) is 0 Å². The van der Waals surface area contributed by atoms with Gasteiger partial charge in [-0.15, -0.1) is 0 Å². The Morgan fingerprint density at radius 3 is 2.47 bits per heavy atom. The Balaban J connectivity index is 2.93. The normalized spacial score (nSPS) is 11.1. The highest BCUT2D eigenvalue weighted by molar-refractivity contribution is 7.90. The number of hydrogen-bond donors (Lipinski definition) is 2. The van der Waals surface area contributed by atoms with E-state index in [0.717, 1.165) is 6.26 Å². The van der Waals surface area contributed by atoms with Crippen LogP contribution in [0.3, 0.4) is 0 Å². The average molecular weight is 285 g/mol. The van der Waals surface area contributed by atoms with E-state index in [2.05, 4.69) is 5.32 Å². The van der Waals surface area contributed by atoms with Crippen LogP contribution in [0.25, 0.3) is 0 Å². The topological polar surface area (TPSA) is 101 Å². The summed E-state index contributed by atoms with van der Waals surface area (Å²) in [5.74, 6) is -1.49. The minimum Gasteiger partial charge on any atom is -0.481 e. The Morgan fingerprint density at radius 2 is 1.95 bits per heavy atom. The van der Waals surface area contributed by atoms with Gasteiger partial charge < -0.3 is 10.4 Å². The van der Waals surface area contributed by atoms with E-state index in [1.807, 2.05) is 0 Å². The first-order chi connectivity index (χ1) is 8.71. The lowest BCUT2D eigenvalue weighted by Gasteiger charge is -2.08. The molecular formula is C12H15NO5S. The molecule has 0 atom stereocenters. The first kappa shape index (κ1) is 15.2. The molecule has 1 aromatic carbocycles. The zero-order valence-corrected chi connectivity index (χ0v) is 11.5. The summed E-state index contributed by atoms with van der Waals surface area (Å²) in [5, 5.41) is 10.9. The summed E-state index contributed by atoms with van der Waals surface area (Å²) < 4.78 is 22.8. The van der Waals surface area contributed by atoms with Gasteiger partial charge in [-0.3, -0.25) is 9.59 Å². The number of aryl methyl sites for hydroxylation is 1. The Morgan fingerprint density at radius 1 is 1.32 bits per heavy atom. The molecule has 104 valence electrons. The third kappa shape index (κ3) is 4.36. The number of hydrogen-bond acceptors (Lipinski definition) is 4. The standard InChI is InChI=1S/C12H15NO5S/c1-8-3-4-9(19(2,17)18)7-10(8)12(16)13-6-5-11(14)15/h3-4,7H,5-6H2,1-2H3,(H,13,16)(H,14,15). The molecule has 0 aliphatic rings. The molecule has 6 nitrogen and oxygen atoms in total. The van der Waals surface area contributed by atoms with Crippen LogP contribution < -0.4 is 5.32 Å². The zero-order chi connectivity index (χ0) is 14.6. The van der Waals surface area contributed by atoms with Crippen molar-refractivity contribution in [1.82, 2.24) is 5.32 Å². The van der Waals surface area contributed by atoms with Crippen LogP contribution in [-0.2, 0) is 14.6 Å². The van der Waals surface area contributed by atoms with Crippen LogP contribution in [0.15, 0.2) is 23.1 Å². The van der Waals surface area contributed by atoms with Gasteiger partial charge in [-0.05, 0) is 24.6 Å². The summed E-state index contributed by atoms with van der Waals surface area (Å²) in [6.07, 6.45) is 0.875. The fourth-order valence-electron chi connectivity index (χ4n) is 1.45. The van der Waals surface area contributed by atoms with E-state index in [1.165, 1.54) is 12.1 Å². The summed E-state index contributed by atoms with van der Waals surface area (Å²) >= 11 is 0. The van der Waals surface area contributed by atoms with Crippen LogP contribution in [0.5, 0.6) is 0 Å². The van der Waals surface area contributed by atoms with E-state index < -0.39 is 21.7 Å². The number of amides is 1. The summed E-state index contributed by atoms with van der Waals surface area (Å²) in [6, 6.07) is 4.27. The van der Waals surface area contributed by atoms with Crippen LogP contribution in [-0.4, -0.2) is 38.2 Å². The fourth-order valence-corrected chi connectivity index (χ4v) is 2.10. The lowest BCUT2D eigenvalue weighted by atomic mass is 10.1. The maximum atomic E-state index is 11.8. The lowest BCUT2D eigenvalue weighted by Crippen LogP contribution is -2.26. The van der Waals surface area contributed by atoms with E-state index in [4.69, 9.17) is 5.11 Å². The van der Waals surface area contributed by atoms with Crippen LogP contribution in [0.2, 0.25) is 0 Å². The molecule has 2 N–H and O–H groups in total. The minimum atomic E-state index is -3.38. The predicted octanol–water partition coefficient (Wildman–Crippen LogP) is 0.603. The SMILES string of the molecule is Cc1ccc(S(C)(=O)=O)cc1C(=O)NCCC(=O)O. The van der Waals surface area contributed by atoms with Gasteiger partial charge in [0, 0.05) is 18.4 Å². The number of rotatable bonds is 5. The maximum absolute atomic E-state index is 11.8. The molecule has 19 heavy (non-hydrogen) atoms. The third-order valence-electron chi connectivity index (χ3n) is 2.51. The molecule has 0 saturated heterocycles. The molecule has 0 bridgehead atoms. The van der Waals surface area contributed by atoms with Gasteiger partial charge >= 0.3 is 5.97 Å². The van der Waals surface area contributed by atoms with E-state index in [-0.39, 0.29) is 23.4 Å². The Kier molecular flexibility index (Phi) is 4.66. The Hall–Kier alpha value is -1.89. The molecular weight excluding hydrogens is 270 g/mol. The second-order valence-corrected chi connectivity index (χ2v) is 6.16. The first-order valence-electron chi connectivity index (χ1n) is 5.52. The smallest absolute Gasteiger partial charge is 0.305 e. The summed E-state index contributed by atoms with van der Waals surface area (Å²) in [5.41, 5.74) is 0.855. The van der Waals surface area contributed by atoms with Crippen molar-refractivity contribution in [2.45, 2.75) is 18.2 Å². The number of carbonyl (C=O) groups excluding carboxylic acids is 1. The molecule has 0 heterocycles. The number of benzene rings is 1. The molecule has 0 aromatic heterocycles. The van der Waals surface area contributed by atoms with Gasteiger partial charge in [-0.25, -0.2) is 8.42 Å². The van der Waals surface area contributed by atoms with Crippen molar-refractivity contribution < 1.29 is 23.1 Å². The minimum absolute atomic E-state index is 0.00326. The summed E-state index contributed by atoms with van der Waals surface area (Å²) in [4.78, 5) is 22.2. The van der Waals surface area contributed by atoms with Gasteiger partial charge in [-0.2, -0.15) is 0 Å². The second-order valence-electron chi connectivity index (χ2n) is 4.15. The van der Waals surface area contributed by atoms with Gasteiger partial charge in [0.2, 0.25) is 0 Å². The zero-order valence-electron chi connectivity index (χ0n) is 10.6. The van der Waals surface area contributed by atoms with Crippen molar-refractivity contribution in [2.24, 2.45) is 0 Å². The van der Waals surface area contributed by atoms with E-state index in [1.54, 1.807) is 13.0 Å². The van der Waals surface area contributed by atoms with E-state index >= 15 is 0 Å². The molecule has 1 aromatic rings. The fraction of sp³-hybridized carbons (Fsp3) is 0.333. The van der Waals surface area contributed by atoms with Crippen LogP contribution in [0.4, 0.5) is 0 Å². The number of carboxylic acid groups (broad SMARTS) is 1. The van der Waals surface area contributed by atoms with Crippen LogP contribution in [0.1, 0.15) is 22.3 Å². The largest absolute Gasteiger partial charge is 0.481 e. The molecule has 7 heteroatoms. The van der Waals surface area contributed by atoms with Gasteiger partial charge in [0.05, 0.1) is 11.3 Å². The molecule has 0 aliphatic carbocycles. The van der Waals surface area contributed by atoms with Crippen LogP contribution >= 0.6 is 0 Å². The molecule has 1 amide bonds. The third-order valence-corrected chi connectivity index (χ3v) is 3.62. The monoisotopic (exact) mass is 285 g/mol. The maximum Gasteiger partial charge on any atom is 0.305 e. The van der Waals surface area contributed by atoms with E-state index in [0.29, 0.717) is 5.56 Å². The highest BCUT2D eigenvalue weighted by Crippen LogP contribution is 2.15. The number of aliphatic carboxylic acids is 1. The molecule has 0 fully saturated rings. The Labute approximate surface area is 111 Å². The molecule has 1 rings (SSSR count). The van der Waals surface area contributed by atoms with Crippen molar-refractivity contribution in [3.05, 3.63) is 29.3 Å². The van der Waals surface area contributed by atoms with Crippen molar-refractivity contribution >= 4 is 21.7 Å². The van der Waals surface area contributed by atoms with Crippen molar-refractivity contribution in [3.63, 3.8) is 0 Å². The summed E-state index contributed by atoms with van der Waals surface area (Å²) in [6.45, 7) is 1.68. The molecule has 0 aliphatic heterocycles. The average Bonchev–Trinajstić information content (AvgIpc) is 2.27. The van der Waals surface area contributed by atoms with Gasteiger partial charge in [0.25, 0.3) is 5.91 Å².